The van der Waals surface area contributed by atoms with Gasteiger partial charge in [0.15, 0.2) is 5.72 Å². The van der Waals surface area contributed by atoms with Crippen LogP contribution in [0.15, 0.2) is 58.1 Å². The van der Waals surface area contributed by atoms with Crippen molar-refractivity contribution in [3.63, 3.8) is 0 Å². The van der Waals surface area contributed by atoms with Crippen molar-refractivity contribution in [1.29, 1.82) is 0 Å². The van der Waals surface area contributed by atoms with Gasteiger partial charge in [0.2, 0.25) is 0 Å². The van der Waals surface area contributed by atoms with E-state index in [0.717, 1.165) is 15.2 Å². The molecular weight excluding hydrogens is 370 g/mol. The Labute approximate surface area is 148 Å². The Balaban J connectivity index is 2.05. The lowest BCUT2D eigenvalue weighted by Gasteiger charge is -2.31. The molecule has 1 heterocycles. The van der Waals surface area contributed by atoms with E-state index in [9.17, 15) is 9.90 Å². The number of rotatable bonds is 3. The molecule has 1 amide bonds. The zero-order chi connectivity index (χ0) is 17.3. The van der Waals surface area contributed by atoms with E-state index in [1.165, 1.54) is 0 Å². The Kier molecular flexibility index (Phi) is 4.43. The Morgan fingerprint density at radius 3 is 2.58 bits per heavy atom. The predicted molar refractivity (Wildman–Crippen MR) is 97.4 cm³/mol. The lowest BCUT2D eigenvalue weighted by molar-refractivity contribution is -0.0765. The topological polar surface area (TPSA) is 78.9 Å². The number of nitrogen functional groups attached to an aromatic ring is 1. The number of benzene rings is 2. The normalized spacial score (nSPS) is 20.1. The Morgan fingerprint density at radius 1 is 1.29 bits per heavy atom. The molecule has 3 N–H and O–H groups in total. The van der Waals surface area contributed by atoms with Crippen LogP contribution in [0.5, 0.6) is 0 Å². The summed E-state index contributed by atoms with van der Waals surface area (Å²) in [4.78, 5) is 13.0. The van der Waals surface area contributed by atoms with Crippen LogP contribution in [-0.2, 0) is 5.72 Å². The Bertz CT molecular complexity index is 804. The molecule has 0 radical (unpaired) electrons. The molecule has 1 atom stereocenters. The van der Waals surface area contributed by atoms with E-state index >= 15 is 0 Å². The average molecular weight is 388 g/mol. The molecule has 0 spiro atoms. The summed E-state index contributed by atoms with van der Waals surface area (Å²) in [5.41, 5.74) is 6.48. The summed E-state index contributed by atoms with van der Waals surface area (Å²) in [7, 11) is 0. The van der Waals surface area contributed by atoms with E-state index in [0.29, 0.717) is 23.2 Å². The third-order valence-corrected chi connectivity index (χ3v) is 4.67. The van der Waals surface area contributed by atoms with Crippen molar-refractivity contribution in [1.82, 2.24) is 5.01 Å². The number of nitrogens with two attached hydrogens (primary N) is 1. The second-order valence-electron chi connectivity index (χ2n) is 5.72. The third kappa shape index (κ3) is 2.83. The van der Waals surface area contributed by atoms with Crippen molar-refractivity contribution in [2.75, 3.05) is 5.73 Å². The van der Waals surface area contributed by atoms with Crippen molar-refractivity contribution in [3.05, 3.63) is 64.1 Å². The van der Waals surface area contributed by atoms with Crippen molar-refractivity contribution in [2.24, 2.45) is 5.10 Å². The molecule has 0 aliphatic carbocycles. The zero-order valence-corrected chi connectivity index (χ0v) is 14.8. The molecule has 3 rings (SSSR count). The fourth-order valence-electron chi connectivity index (χ4n) is 2.78. The molecule has 2 aromatic carbocycles. The van der Waals surface area contributed by atoms with Gasteiger partial charge in [-0.2, -0.15) is 10.1 Å². The molecule has 0 unspecified atom stereocenters. The van der Waals surface area contributed by atoms with E-state index in [-0.39, 0.29) is 6.42 Å². The summed E-state index contributed by atoms with van der Waals surface area (Å²) in [5, 5.41) is 16.8. The number of amides is 1. The molecule has 1 aliphatic rings. The minimum absolute atomic E-state index is 0.281. The standard InChI is InChI=1S/C18H18BrN3O2/c1-2-14-11-18(24,12-7-9-13(19)10-8-12)22(21-14)17(23)15-5-3-4-6-16(15)20/h3-10,24H,2,11,20H2,1H3/t18-/m1/s1. The van der Waals surface area contributed by atoms with Crippen molar-refractivity contribution in [3.8, 4) is 0 Å². The van der Waals surface area contributed by atoms with Gasteiger partial charge in [-0.25, -0.2) is 0 Å². The van der Waals surface area contributed by atoms with Crippen LogP contribution >= 0.6 is 15.9 Å². The number of para-hydroxylation sites is 1. The van der Waals surface area contributed by atoms with E-state index in [1.807, 2.05) is 19.1 Å². The summed E-state index contributed by atoms with van der Waals surface area (Å²) in [6.45, 7) is 1.95. The fraction of sp³-hybridized carbons (Fsp3) is 0.222. The maximum atomic E-state index is 13.0. The van der Waals surface area contributed by atoms with Gasteiger partial charge in [0.25, 0.3) is 5.91 Å². The summed E-state index contributed by atoms with van der Waals surface area (Å²) >= 11 is 3.38. The second-order valence-corrected chi connectivity index (χ2v) is 6.64. The van der Waals surface area contributed by atoms with Crippen LogP contribution < -0.4 is 5.73 Å². The van der Waals surface area contributed by atoms with Crippen LogP contribution in [0.1, 0.15) is 35.7 Å². The number of anilines is 1. The fourth-order valence-corrected chi connectivity index (χ4v) is 3.04. The zero-order valence-electron chi connectivity index (χ0n) is 13.2. The van der Waals surface area contributed by atoms with Crippen molar-refractivity contribution < 1.29 is 9.90 Å². The van der Waals surface area contributed by atoms with Crippen molar-refractivity contribution >= 4 is 33.2 Å². The molecule has 6 heteroatoms. The first kappa shape index (κ1) is 16.7. The van der Waals surface area contributed by atoms with Crippen LogP contribution in [0, 0.1) is 0 Å². The van der Waals surface area contributed by atoms with Crippen LogP contribution in [0.4, 0.5) is 5.69 Å². The van der Waals surface area contributed by atoms with Gasteiger partial charge in [-0.15, -0.1) is 0 Å². The molecule has 5 nitrogen and oxygen atoms in total. The predicted octanol–water partition coefficient (Wildman–Crippen LogP) is 3.49. The van der Waals surface area contributed by atoms with Gasteiger partial charge in [-0.1, -0.05) is 47.1 Å². The maximum absolute atomic E-state index is 13.0. The number of aliphatic hydroxyl groups is 1. The number of nitrogens with zero attached hydrogens (tertiary/aromatic N) is 2. The smallest absolute Gasteiger partial charge is 0.279 e. The van der Waals surface area contributed by atoms with Crippen LogP contribution in [0.25, 0.3) is 0 Å². The molecule has 24 heavy (non-hydrogen) atoms. The lowest BCUT2D eigenvalue weighted by Crippen LogP contribution is -2.43. The molecule has 0 bridgehead atoms. The summed E-state index contributed by atoms with van der Waals surface area (Å²) in [5.74, 6) is -0.415. The van der Waals surface area contributed by atoms with E-state index in [4.69, 9.17) is 5.73 Å². The first-order valence-corrected chi connectivity index (χ1v) is 8.49. The first-order chi connectivity index (χ1) is 11.5. The first-order valence-electron chi connectivity index (χ1n) is 7.69. The van der Waals surface area contributed by atoms with Gasteiger partial charge in [0.1, 0.15) is 0 Å². The molecule has 0 aromatic heterocycles. The SMILES string of the molecule is CCC1=NN(C(=O)c2ccccc2N)[C@](O)(c2ccc(Br)cc2)C1. The molecule has 0 saturated carbocycles. The summed E-state index contributed by atoms with van der Waals surface area (Å²) < 4.78 is 0.898. The number of hydrogen-bond donors (Lipinski definition) is 2. The molecule has 124 valence electrons. The van der Waals surface area contributed by atoms with Gasteiger partial charge < -0.3 is 10.8 Å². The molecule has 0 saturated heterocycles. The molecule has 2 aromatic rings. The van der Waals surface area contributed by atoms with Crippen LogP contribution in [0.3, 0.4) is 0 Å². The highest BCUT2D eigenvalue weighted by atomic mass is 79.9. The quantitative estimate of drug-likeness (QED) is 0.791. The molecular formula is C18H18BrN3O2. The molecule has 1 aliphatic heterocycles. The number of halogens is 1. The summed E-state index contributed by atoms with van der Waals surface area (Å²) in [6, 6.07) is 14.0. The van der Waals surface area contributed by atoms with Gasteiger partial charge >= 0.3 is 0 Å². The Hall–Kier alpha value is -2.18. The number of hydrogen-bond acceptors (Lipinski definition) is 4. The molecule has 0 fully saturated rings. The van der Waals surface area contributed by atoms with Gasteiger partial charge in [-0.3, -0.25) is 4.79 Å². The second kappa shape index (κ2) is 6.37. The highest BCUT2D eigenvalue weighted by Crippen LogP contribution is 2.38. The van der Waals surface area contributed by atoms with E-state index < -0.39 is 11.6 Å². The minimum Gasteiger partial charge on any atom is -0.398 e. The summed E-state index contributed by atoms with van der Waals surface area (Å²) in [6.07, 6.45) is 0.941. The van der Waals surface area contributed by atoms with E-state index in [2.05, 4.69) is 21.0 Å². The van der Waals surface area contributed by atoms with Gasteiger partial charge in [0.05, 0.1) is 5.56 Å². The lowest BCUT2D eigenvalue weighted by atomic mass is 9.96. The van der Waals surface area contributed by atoms with Gasteiger partial charge in [0, 0.05) is 27.9 Å². The number of hydrazone groups is 1. The van der Waals surface area contributed by atoms with Crippen LogP contribution in [0.2, 0.25) is 0 Å². The van der Waals surface area contributed by atoms with Gasteiger partial charge in [-0.05, 0) is 30.7 Å². The number of carbonyl (C=O) groups is 1. The monoisotopic (exact) mass is 387 g/mol. The maximum Gasteiger partial charge on any atom is 0.279 e. The highest BCUT2D eigenvalue weighted by Gasteiger charge is 2.45. The Morgan fingerprint density at radius 2 is 1.96 bits per heavy atom. The highest BCUT2D eigenvalue weighted by molar-refractivity contribution is 9.10. The average Bonchev–Trinajstić information content (AvgIpc) is 2.93. The van der Waals surface area contributed by atoms with E-state index in [1.54, 1.807) is 36.4 Å². The van der Waals surface area contributed by atoms with Crippen molar-refractivity contribution in [2.45, 2.75) is 25.5 Å². The third-order valence-electron chi connectivity index (χ3n) is 4.14. The largest absolute Gasteiger partial charge is 0.398 e. The minimum atomic E-state index is -1.51. The van der Waals surface area contributed by atoms with Crippen LogP contribution in [-0.4, -0.2) is 21.7 Å². The number of carbonyl (C=O) groups excluding carboxylic acids is 1.